The maximum absolute atomic E-state index is 12.7. The van der Waals surface area contributed by atoms with Crippen LogP contribution in [0, 0.1) is 0 Å². The maximum Gasteiger partial charge on any atom is 0.242 e. The van der Waals surface area contributed by atoms with Crippen molar-refractivity contribution in [1.29, 1.82) is 0 Å². The minimum atomic E-state index is -0.580. The van der Waals surface area contributed by atoms with Crippen molar-refractivity contribution < 1.29 is 14.7 Å². The molecule has 144 valence electrons. The van der Waals surface area contributed by atoms with Crippen LogP contribution >= 0.6 is 23.4 Å². The molecular weight excluding hydrogens is 398 g/mol. The highest BCUT2D eigenvalue weighted by molar-refractivity contribution is 8.15. The van der Waals surface area contributed by atoms with Crippen LogP contribution in [0.15, 0.2) is 66.2 Å². The number of hydrogen-bond donors (Lipinski definition) is 2. The molecule has 2 N–H and O–H groups in total. The Balaban J connectivity index is 1.73. The number of rotatable bonds is 6. The highest BCUT2D eigenvalue weighted by Gasteiger charge is 2.38. The second-order valence-electron chi connectivity index (χ2n) is 6.02. The lowest BCUT2D eigenvalue weighted by Crippen LogP contribution is -2.33. The number of thioether (sulfide) groups is 1. The first kappa shape index (κ1) is 20.0. The molecule has 1 heterocycles. The Morgan fingerprint density at radius 1 is 1.32 bits per heavy atom. The number of halogens is 1. The Kier molecular flexibility index (Phi) is 6.38. The predicted octanol–water partition coefficient (Wildman–Crippen LogP) is 4.19. The Morgan fingerprint density at radius 3 is 2.75 bits per heavy atom. The number of aliphatic imine (C=N–C) groups is 1. The molecule has 0 aliphatic carbocycles. The SMILES string of the molecule is C=CCN1C(=O)C(CC(=O)Nc2ccc(Cl)cc2)SC1=Nc1cccc(O)c1. The van der Waals surface area contributed by atoms with Crippen molar-refractivity contribution in [2.75, 3.05) is 11.9 Å². The second kappa shape index (κ2) is 8.95. The van der Waals surface area contributed by atoms with Gasteiger partial charge in [-0.3, -0.25) is 14.5 Å². The van der Waals surface area contributed by atoms with E-state index in [9.17, 15) is 14.7 Å². The average Bonchev–Trinajstić information content (AvgIpc) is 2.93. The van der Waals surface area contributed by atoms with Crippen molar-refractivity contribution in [3.05, 3.63) is 66.2 Å². The van der Waals surface area contributed by atoms with Crippen LogP contribution in [-0.2, 0) is 9.59 Å². The molecule has 1 atom stereocenters. The van der Waals surface area contributed by atoms with Crippen LogP contribution in [0.3, 0.4) is 0 Å². The average molecular weight is 416 g/mol. The van der Waals surface area contributed by atoms with Gasteiger partial charge in [0.25, 0.3) is 0 Å². The molecule has 1 fully saturated rings. The van der Waals surface area contributed by atoms with Gasteiger partial charge in [0.1, 0.15) is 11.0 Å². The van der Waals surface area contributed by atoms with Gasteiger partial charge < -0.3 is 10.4 Å². The molecule has 1 aliphatic rings. The third-order valence-corrected chi connectivity index (χ3v) is 5.31. The Labute approximate surface area is 171 Å². The standard InChI is InChI=1S/C20H18ClN3O3S/c1-2-10-24-19(27)17(12-18(26)22-14-8-6-13(21)7-9-14)28-20(24)23-15-4-3-5-16(25)11-15/h2-9,11,17,25H,1,10,12H2,(H,22,26). The Hall–Kier alpha value is -2.77. The van der Waals surface area contributed by atoms with Gasteiger partial charge in [-0.15, -0.1) is 6.58 Å². The number of aromatic hydroxyl groups is 1. The van der Waals surface area contributed by atoms with Crippen molar-refractivity contribution in [3.8, 4) is 5.75 Å². The lowest BCUT2D eigenvalue weighted by atomic mass is 10.2. The van der Waals surface area contributed by atoms with E-state index in [4.69, 9.17) is 11.6 Å². The normalized spacial score (nSPS) is 17.8. The van der Waals surface area contributed by atoms with Crippen molar-refractivity contribution in [2.24, 2.45) is 4.99 Å². The summed E-state index contributed by atoms with van der Waals surface area (Å²) >= 11 is 7.06. The number of phenolic OH excluding ortho intramolecular Hbond substituents is 1. The number of amidine groups is 1. The van der Waals surface area contributed by atoms with Gasteiger partial charge in [-0.1, -0.05) is 35.5 Å². The molecule has 1 saturated heterocycles. The summed E-state index contributed by atoms with van der Waals surface area (Å²) in [5.41, 5.74) is 1.14. The molecule has 6 nitrogen and oxygen atoms in total. The lowest BCUT2D eigenvalue weighted by Gasteiger charge is -2.13. The van der Waals surface area contributed by atoms with Crippen molar-refractivity contribution >= 4 is 51.7 Å². The largest absolute Gasteiger partial charge is 0.508 e. The fraction of sp³-hybridized carbons (Fsp3) is 0.150. The van der Waals surface area contributed by atoms with Gasteiger partial charge >= 0.3 is 0 Å². The molecular formula is C20H18ClN3O3S. The van der Waals surface area contributed by atoms with E-state index < -0.39 is 5.25 Å². The smallest absolute Gasteiger partial charge is 0.242 e. The molecule has 8 heteroatoms. The molecule has 2 amide bonds. The minimum absolute atomic E-state index is 0.0127. The van der Waals surface area contributed by atoms with E-state index in [1.54, 1.807) is 48.5 Å². The van der Waals surface area contributed by atoms with Gasteiger partial charge in [0, 0.05) is 29.7 Å². The fourth-order valence-electron chi connectivity index (χ4n) is 2.61. The number of amides is 2. The number of phenols is 1. The number of nitrogens with zero attached hydrogens (tertiary/aromatic N) is 2. The zero-order valence-electron chi connectivity index (χ0n) is 14.8. The molecule has 1 unspecified atom stereocenters. The molecule has 3 rings (SSSR count). The maximum atomic E-state index is 12.7. The summed E-state index contributed by atoms with van der Waals surface area (Å²) in [4.78, 5) is 31.0. The number of nitrogens with one attached hydrogen (secondary N) is 1. The number of anilines is 1. The van der Waals surface area contributed by atoms with Crippen LogP contribution in [0.1, 0.15) is 6.42 Å². The first-order valence-corrected chi connectivity index (χ1v) is 9.74. The minimum Gasteiger partial charge on any atom is -0.508 e. The Bertz CT molecular complexity index is 931. The highest BCUT2D eigenvalue weighted by atomic mass is 35.5. The van der Waals surface area contributed by atoms with Crippen molar-refractivity contribution in [3.63, 3.8) is 0 Å². The highest BCUT2D eigenvalue weighted by Crippen LogP contribution is 2.32. The quantitative estimate of drug-likeness (QED) is 0.693. The summed E-state index contributed by atoms with van der Waals surface area (Å²) in [7, 11) is 0. The van der Waals surface area contributed by atoms with E-state index in [1.807, 2.05) is 0 Å². The van der Waals surface area contributed by atoms with E-state index in [0.29, 0.717) is 28.1 Å². The van der Waals surface area contributed by atoms with Crippen LogP contribution < -0.4 is 5.32 Å². The van der Waals surface area contributed by atoms with E-state index in [0.717, 1.165) is 0 Å². The van der Waals surface area contributed by atoms with Crippen molar-refractivity contribution in [1.82, 2.24) is 4.90 Å². The zero-order chi connectivity index (χ0) is 20.1. The van der Waals surface area contributed by atoms with Crippen molar-refractivity contribution in [2.45, 2.75) is 11.7 Å². The third-order valence-electron chi connectivity index (χ3n) is 3.88. The van der Waals surface area contributed by atoms with Gasteiger partial charge in [0.2, 0.25) is 11.8 Å². The lowest BCUT2D eigenvalue weighted by molar-refractivity contribution is -0.127. The number of carbonyl (C=O) groups excluding carboxylic acids is 2. The number of benzene rings is 2. The predicted molar refractivity (Wildman–Crippen MR) is 113 cm³/mol. The van der Waals surface area contributed by atoms with E-state index in [-0.39, 0.29) is 24.0 Å². The van der Waals surface area contributed by atoms with Crippen LogP contribution in [0.2, 0.25) is 5.02 Å². The summed E-state index contributed by atoms with van der Waals surface area (Å²) in [6, 6.07) is 13.2. The molecule has 0 saturated carbocycles. The van der Waals surface area contributed by atoms with E-state index >= 15 is 0 Å². The summed E-state index contributed by atoms with van der Waals surface area (Å²) in [5, 5.41) is 12.8. The fourth-order valence-corrected chi connectivity index (χ4v) is 3.90. The number of hydrogen-bond acceptors (Lipinski definition) is 5. The molecule has 1 aliphatic heterocycles. The van der Waals surface area contributed by atoms with Crippen LogP contribution in [0.5, 0.6) is 5.75 Å². The first-order chi connectivity index (χ1) is 13.5. The topological polar surface area (TPSA) is 82.0 Å². The molecule has 0 spiro atoms. The second-order valence-corrected chi connectivity index (χ2v) is 7.62. The number of carbonyl (C=O) groups is 2. The summed E-state index contributed by atoms with van der Waals surface area (Å²) in [6.07, 6.45) is 1.62. The van der Waals surface area contributed by atoms with Gasteiger partial charge in [-0.2, -0.15) is 0 Å². The molecule has 0 radical (unpaired) electrons. The monoisotopic (exact) mass is 415 g/mol. The zero-order valence-corrected chi connectivity index (χ0v) is 16.4. The van der Waals surface area contributed by atoms with Crippen LogP contribution in [0.25, 0.3) is 0 Å². The van der Waals surface area contributed by atoms with Gasteiger partial charge in [-0.25, -0.2) is 4.99 Å². The van der Waals surface area contributed by atoms with Crippen LogP contribution in [-0.4, -0.2) is 38.8 Å². The molecule has 2 aromatic carbocycles. The van der Waals surface area contributed by atoms with Gasteiger partial charge in [0.05, 0.1) is 5.69 Å². The molecule has 2 aromatic rings. The van der Waals surface area contributed by atoms with E-state index in [1.165, 1.54) is 22.7 Å². The Morgan fingerprint density at radius 2 is 2.07 bits per heavy atom. The third kappa shape index (κ3) is 4.94. The van der Waals surface area contributed by atoms with Crippen LogP contribution in [0.4, 0.5) is 11.4 Å². The van der Waals surface area contributed by atoms with Gasteiger partial charge in [-0.05, 0) is 36.4 Å². The molecule has 0 bridgehead atoms. The van der Waals surface area contributed by atoms with E-state index in [2.05, 4.69) is 16.9 Å². The molecule has 28 heavy (non-hydrogen) atoms. The summed E-state index contributed by atoms with van der Waals surface area (Å²) in [6.45, 7) is 3.97. The molecule has 0 aromatic heterocycles. The summed E-state index contributed by atoms with van der Waals surface area (Å²) in [5.74, 6) is -0.384. The first-order valence-electron chi connectivity index (χ1n) is 8.48. The summed E-state index contributed by atoms with van der Waals surface area (Å²) < 4.78 is 0. The van der Waals surface area contributed by atoms with Gasteiger partial charge in [0.15, 0.2) is 5.17 Å².